The van der Waals surface area contributed by atoms with Gasteiger partial charge in [0.05, 0.1) is 16.1 Å². The molecule has 2 aliphatic heterocycles. The van der Waals surface area contributed by atoms with Crippen molar-refractivity contribution in [2.24, 2.45) is 5.92 Å². The standard InChI is InChI=1S/C30H35N7O2S/c1-21-15-24(28-5-4-11-33-34-28)17-27-29(21)31-20-32-30(27)37-14-10-23-6-7-26(16-25(23)19-37)40(38,39)36(3)18-22-8-12-35(2)13-9-22/h4-7,11,15-17,20,22H,8-10,12-14,18-19H2,1-3H3. The number of hydrogen-bond acceptors (Lipinski definition) is 8. The van der Waals surface area contributed by atoms with Crippen molar-refractivity contribution >= 4 is 26.7 Å². The highest BCUT2D eigenvalue weighted by atomic mass is 32.2. The van der Waals surface area contributed by atoms with Crippen LogP contribution in [0.3, 0.4) is 0 Å². The zero-order chi connectivity index (χ0) is 27.9. The first-order chi connectivity index (χ1) is 19.3. The second-order valence-corrected chi connectivity index (χ2v) is 13.2. The number of likely N-dealkylation sites (tertiary alicyclic amines) is 1. The fourth-order valence-corrected chi connectivity index (χ4v) is 7.25. The molecule has 6 rings (SSSR count). The number of piperidine rings is 1. The van der Waals surface area contributed by atoms with Crippen LogP contribution in [0.25, 0.3) is 22.2 Å². The SMILES string of the molecule is Cc1cc(-c2cccnn2)cc2c(N3CCc4ccc(S(=O)(=O)N(C)CC5CCN(C)CC5)cc4C3)ncnc12. The van der Waals surface area contributed by atoms with Crippen LogP contribution in [0.5, 0.6) is 0 Å². The predicted octanol–water partition coefficient (Wildman–Crippen LogP) is 3.92. The Hall–Kier alpha value is -3.47. The van der Waals surface area contributed by atoms with Crippen molar-refractivity contribution in [3.63, 3.8) is 0 Å². The molecule has 208 valence electrons. The number of aromatic nitrogens is 4. The molecule has 0 spiro atoms. The summed E-state index contributed by atoms with van der Waals surface area (Å²) < 4.78 is 28.7. The van der Waals surface area contributed by atoms with Gasteiger partial charge in [-0.1, -0.05) is 6.07 Å². The maximum atomic E-state index is 13.6. The molecule has 0 N–H and O–H groups in total. The highest BCUT2D eigenvalue weighted by Crippen LogP contribution is 2.33. The number of sulfonamides is 1. The number of nitrogens with zero attached hydrogens (tertiary/aromatic N) is 7. The van der Waals surface area contributed by atoms with Crippen LogP contribution in [-0.4, -0.2) is 78.1 Å². The zero-order valence-electron chi connectivity index (χ0n) is 23.3. The van der Waals surface area contributed by atoms with E-state index in [-0.39, 0.29) is 0 Å². The Bertz CT molecular complexity index is 1640. The van der Waals surface area contributed by atoms with Crippen LogP contribution in [0.1, 0.15) is 29.5 Å². The molecule has 0 aliphatic carbocycles. The number of anilines is 1. The highest BCUT2D eigenvalue weighted by Gasteiger charge is 2.28. The molecule has 0 amide bonds. The van der Waals surface area contributed by atoms with E-state index in [0.717, 1.165) is 78.0 Å². The summed E-state index contributed by atoms with van der Waals surface area (Å²) in [5.41, 5.74) is 5.91. The average Bonchev–Trinajstić information content (AvgIpc) is 2.98. The number of aryl methyl sites for hydroxylation is 1. The quantitative estimate of drug-likeness (QED) is 0.352. The molecule has 4 heterocycles. The van der Waals surface area contributed by atoms with Crippen molar-refractivity contribution in [3.05, 3.63) is 71.7 Å². The van der Waals surface area contributed by atoms with Gasteiger partial charge in [0.25, 0.3) is 0 Å². The van der Waals surface area contributed by atoms with Crippen molar-refractivity contribution in [1.29, 1.82) is 0 Å². The summed E-state index contributed by atoms with van der Waals surface area (Å²) >= 11 is 0. The van der Waals surface area contributed by atoms with Crippen LogP contribution >= 0.6 is 0 Å². The van der Waals surface area contributed by atoms with Crippen LogP contribution < -0.4 is 4.90 Å². The van der Waals surface area contributed by atoms with Gasteiger partial charge >= 0.3 is 0 Å². The molecule has 0 saturated carbocycles. The van der Waals surface area contributed by atoms with Crippen molar-refractivity contribution in [3.8, 4) is 11.3 Å². The summed E-state index contributed by atoms with van der Waals surface area (Å²) in [7, 11) is 0.251. The predicted molar refractivity (Wildman–Crippen MR) is 157 cm³/mol. The lowest BCUT2D eigenvalue weighted by Crippen LogP contribution is -2.38. The first-order valence-corrected chi connectivity index (χ1v) is 15.3. The second kappa shape index (κ2) is 10.8. The van der Waals surface area contributed by atoms with Gasteiger partial charge in [0, 0.05) is 43.8 Å². The van der Waals surface area contributed by atoms with Gasteiger partial charge < -0.3 is 9.80 Å². The smallest absolute Gasteiger partial charge is 0.242 e. The van der Waals surface area contributed by atoms with Gasteiger partial charge in [-0.3, -0.25) is 0 Å². The van der Waals surface area contributed by atoms with Crippen molar-refractivity contribution < 1.29 is 8.42 Å². The van der Waals surface area contributed by atoms with E-state index in [4.69, 9.17) is 4.98 Å². The van der Waals surface area contributed by atoms with Crippen LogP contribution in [-0.2, 0) is 23.0 Å². The molecule has 0 radical (unpaired) electrons. The summed E-state index contributed by atoms with van der Waals surface area (Å²) in [6.07, 6.45) is 6.15. The maximum absolute atomic E-state index is 13.6. The summed E-state index contributed by atoms with van der Waals surface area (Å²) in [6, 6.07) is 13.6. The third kappa shape index (κ3) is 5.18. The second-order valence-electron chi connectivity index (χ2n) is 11.1. The molecule has 9 nitrogen and oxygen atoms in total. The van der Waals surface area contributed by atoms with Crippen LogP contribution in [0.15, 0.2) is 59.9 Å². The van der Waals surface area contributed by atoms with E-state index < -0.39 is 10.0 Å². The zero-order valence-corrected chi connectivity index (χ0v) is 24.1. The molecule has 0 atom stereocenters. The van der Waals surface area contributed by atoms with Gasteiger partial charge in [-0.05, 0) is 105 Å². The minimum atomic E-state index is -3.58. The topological polar surface area (TPSA) is 95.4 Å². The molecule has 2 aromatic heterocycles. The number of benzene rings is 2. The minimum Gasteiger partial charge on any atom is -0.351 e. The van der Waals surface area contributed by atoms with Crippen LogP contribution in [0.4, 0.5) is 5.82 Å². The first-order valence-electron chi connectivity index (χ1n) is 13.8. The Labute approximate surface area is 235 Å². The fraction of sp³-hybridized carbons (Fsp3) is 0.400. The van der Waals surface area contributed by atoms with E-state index in [2.05, 4.69) is 44.2 Å². The molecule has 40 heavy (non-hydrogen) atoms. The van der Waals surface area contributed by atoms with E-state index in [1.54, 1.807) is 29.9 Å². The number of fused-ring (bicyclic) bond motifs is 2. The molecule has 4 aromatic rings. The molecular formula is C30H35N7O2S. The lowest BCUT2D eigenvalue weighted by atomic mass is 9.97. The molecule has 1 saturated heterocycles. The lowest BCUT2D eigenvalue weighted by molar-refractivity contribution is 0.202. The highest BCUT2D eigenvalue weighted by molar-refractivity contribution is 7.89. The molecule has 1 fully saturated rings. The van der Waals surface area contributed by atoms with Gasteiger partial charge in [-0.25, -0.2) is 22.7 Å². The van der Waals surface area contributed by atoms with E-state index in [1.807, 2.05) is 31.2 Å². The Kier molecular flexibility index (Phi) is 7.24. The van der Waals surface area contributed by atoms with Crippen molar-refractivity contribution in [2.75, 3.05) is 45.2 Å². The third-order valence-corrected chi connectivity index (χ3v) is 10.1. The van der Waals surface area contributed by atoms with Gasteiger partial charge in [-0.15, -0.1) is 0 Å². The first kappa shape index (κ1) is 26.7. The Morgan fingerprint density at radius 3 is 2.62 bits per heavy atom. The van der Waals surface area contributed by atoms with Crippen LogP contribution in [0.2, 0.25) is 0 Å². The van der Waals surface area contributed by atoms with E-state index >= 15 is 0 Å². The monoisotopic (exact) mass is 557 g/mol. The van der Waals surface area contributed by atoms with Gasteiger partial charge in [0.15, 0.2) is 0 Å². The minimum absolute atomic E-state index is 0.358. The molecule has 2 aliphatic rings. The summed E-state index contributed by atoms with van der Waals surface area (Å²) in [5.74, 6) is 1.24. The molecular weight excluding hydrogens is 522 g/mol. The molecule has 0 unspecified atom stereocenters. The van der Waals surface area contributed by atoms with Gasteiger partial charge in [0.1, 0.15) is 12.1 Å². The van der Waals surface area contributed by atoms with Gasteiger partial charge in [-0.2, -0.15) is 10.2 Å². The molecule has 0 bridgehead atoms. The Balaban J connectivity index is 1.28. The van der Waals surface area contributed by atoms with Crippen LogP contribution in [0, 0.1) is 12.8 Å². The maximum Gasteiger partial charge on any atom is 0.242 e. The number of hydrogen-bond donors (Lipinski definition) is 0. The van der Waals surface area contributed by atoms with E-state index in [9.17, 15) is 8.42 Å². The lowest BCUT2D eigenvalue weighted by Gasteiger charge is -2.32. The van der Waals surface area contributed by atoms with Crippen molar-refractivity contribution in [1.82, 2.24) is 29.4 Å². The molecule has 10 heteroatoms. The largest absolute Gasteiger partial charge is 0.351 e. The number of rotatable bonds is 6. The normalized spacial score (nSPS) is 16.9. The third-order valence-electron chi connectivity index (χ3n) is 8.33. The summed E-state index contributed by atoms with van der Waals surface area (Å²) in [4.78, 5) is 14.2. The summed E-state index contributed by atoms with van der Waals surface area (Å²) in [5, 5.41) is 9.28. The van der Waals surface area contributed by atoms with E-state index in [0.29, 0.717) is 23.9 Å². The Morgan fingerprint density at radius 1 is 1.02 bits per heavy atom. The van der Waals surface area contributed by atoms with E-state index in [1.165, 1.54) is 5.56 Å². The Morgan fingerprint density at radius 2 is 1.85 bits per heavy atom. The summed E-state index contributed by atoms with van der Waals surface area (Å²) in [6.45, 7) is 6.01. The van der Waals surface area contributed by atoms with Crippen molar-refractivity contribution in [2.45, 2.75) is 37.6 Å². The molecule has 2 aromatic carbocycles. The average molecular weight is 558 g/mol. The van der Waals surface area contributed by atoms with Gasteiger partial charge in [0.2, 0.25) is 10.0 Å². The fourth-order valence-electron chi connectivity index (χ4n) is 5.95.